The summed E-state index contributed by atoms with van der Waals surface area (Å²) in [5.74, 6) is 0. The van der Waals surface area contributed by atoms with Crippen molar-refractivity contribution in [3.8, 4) is 0 Å². The first-order chi connectivity index (χ1) is 8.27. The summed E-state index contributed by atoms with van der Waals surface area (Å²) in [7, 11) is 2.07. The van der Waals surface area contributed by atoms with Crippen molar-refractivity contribution in [3.05, 3.63) is 24.0 Å². The van der Waals surface area contributed by atoms with Crippen molar-refractivity contribution in [2.24, 2.45) is 7.05 Å². The van der Waals surface area contributed by atoms with Gasteiger partial charge in [-0.15, -0.1) is 0 Å². The maximum atomic E-state index is 5.28. The van der Waals surface area contributed by atoms with Crippen LogP contribution in [0.25, 0.3) is 0 Å². The smallest absolute Gasteiger partial charge is 0.0656 e. The molecule has 0 radical (unpaired) electrons. The first kappa shape index (κ1) is 14.2. The van der Waals surface area contributed by atoms with E-state index >= 15 is 0 Å². The van der Waals surface area contributed by atoms with Crippen LogP contribution in [0.3, 0.4) is 0 Å². The van der Waals surface area contributed by atoms with Crippen LogP contribution in [0.15, 0.2) is 18.3 Å². The number of nitrogens with zero attached hydrogens (tertiary/aromatic N) is 2. The van der Waals surface area contributed by atoms with Crippen LogP contribution in [0.1, 0.15) is 19.5 Å². The average molecular weight is 239 g/mol. The van der Waals surface area contributed by atoms with Crippen molar-refractivity contribution in [1.29, 1.82) is 0 Å². The number of nitrogens with one attached hydrogen (secondary N) is 1. The van der Waals surface area contributed by atoms with Crippen LogP contribution in [-0.2, 0) is 18.3 Å². The van der Waals surface area contributed by atoms with Crippen molar-refractivity contribution < 1.29 is 4.84 Å². The Morgan fingerprint density at radius 2 is 2.00 bits per heavy atom. The van der Waals surface area contributed by atoms with E-state index in [0.29, 0.717) is 0 Å². The fourth-order valence-electron chi connectivity index (χ4n) is 1.82. The van der Waals surface area contributed by atoms with Crippen LogP contribution in [0.2, 0.25) is 0 Å². The van der Waals surface area contributed by atoms with Crippen LogP contribution < -0.4 is 5.32 Å². The molecule has 1 N–H and O–H groups in total. The zero-order chi connectivity index (χ0) is 12.5. The van der Waals surface area contributed by atoms with Gasteiger partial charge in [-0.05, 0) is 25.5 Å². The molecule has 1 saturated heterocycles. The Hall–Kier alpha value is -0.840. The lowest BCUT2D eigenvalue weighted by Crippen LogP contribution is -2.43. The Morgan fingerprint density at radius 1 is 1.29 bits per heavy atom. The largest absolute Gasteiger partial charge is 0.354 e. The lowest BCUT2D eigenvalue weighted by Gasteiger charge is -2.25. The second-order valence-corrected chi connectivity index (χ2v) is 4.06. The normalized spacial score (nSPS) is 16.4. The summed E-state index contributed by atoms with van der Waals surface area (Å²) in [6.07, 6.45) is 3.20. The topological polar surface area (TPSA) is 29.4 Å². The highest BCUT2D eigenvalue weighted by molar-refractivity contribution is 5.05. The second-order valence-electron chi connectivity index (χ2n) is 4.06. The van der Waals surface area contributed by atoms with Gasteiger partial charge in [-0.3, -0.25) is 4.84 Å². The Kier molecular flexibility index (Phi) is 6.93. The van der Waals surface area contributed by atoms with E-state index in [1.54, 1.807) is 0 Å². The van der Waals surface area contributed by atoms with Gasteiger partial charge >= 0.3 is 0 Å². The lowest BCUT2D eigenvalue weighted by atomic mass is 10.3. The average Bonchev–Trinajstić information content (AvgIpc) is 2.77. The first-order valence-corrected chi connectivity index (χ1v) is 6.46. The number of aromatic nitrogens is 1. The molecule has 1 aromatic heterocycles. The summed E-state index contributed by atoms with van der Waals surface area (Å²) in [5.41, 5.74) is 1.39. The molecule has 1 fully saturated rings. The third-order valence-corrected chi connectivity index (χ3v) is 2.80. The molecule has 0 unspecified atom stereocenters. The molecule has 0 atom stereocenters. The van der Waals surface area contributed by atoms with Crippen molar-refractivity contribution in [1.82, 2.24) is 14.9 Å². The number of piperazine rings is 1. The highest BCUT2D eigenvalue weighted by Crippen LogP contribution is 1.98. The van der Waals surface area contributed by atoms with E-state index in [1.807, 2.05) is 12.0 Å². The van der Waals surface area contributed by atoms with Gasteiger partial charge in [-0.1, -0.05) is 6.92 Å². The molecule has 0 amide bonds. The summed E-state index contributed by atoms with van der Waals surface area (Å²) in [4.78, 5) is 5.28. The van der Waals surface area contributed by atoms with E-state index in [-0.39, 0.29) is 0 Å². The van der Waals surface area contributed by atoms with E-state index in [1.165, 1.54) is 5.69 Å². The monoisotopic (exact) mass is 239 g/mol. The molecule has 4 heteroatoms. The van der Waals surface area contributed by atoms with Gasteiger partial charge in [-0.25, -0.2) is 0 Å². The zero-order valence-corrected chi connectivity index (χ0v) is 11.3. The molecule has 98 valence electrons. The Morgan fingerprint density at radius 3 is 2.41 bits per heavy atom. The van der Waals surface area contributed by atoms with Crippen molar-refractivity contribution in [3.63, 3.8) is 0 Å². The van der Waals surface area contributed by atoms with Gasteiger partial charge in [-0.2, -0.15) is 5.06 Å². The van der Waals surface area contributed by atoms with Crippen LogP contribution in [0.5, 0.6) is 0 Å². The van der Waals surface area contributed by atoms with Crippen LogP contribution in [0, 0.1) is 0 Å². The molecular formula is C13H25N3O. The van der Waals surface area contributed by atoms with E-state index in [9.17, 15) is 0 Å². The number of hydrogen-bond donors (Lipinski definition) is 1. The van der Waals surface area contributed by atoms with Crippen LogP contribution in [0.4, 0.5) is 0 Å². The van der Waals surface area contributed by atoms with Crippen molar-refractivity contribution in [2.75, 3.05) is 32.8 Å². The van der Waals surface area contributed by atoms with Crippen LogP contribution in [-0.4, -0.2) is 42.4 Å². The third kappa shape index (κ3) is 5.35. The Labute approximate surface area is 105 Å². The molecule has 0 spiro atoms. The maximum Gasteiger partial charge on any atom is 0.0656 e. The SMILES string of the molecule is CCON1CCNCC1.CCc1cccn1C. The molecule has 2 heterocycles. The summed E-state index contributed by atoms with van der Waals surface area (Å²) in [6, 6.07) is 4.21. The fraction of sp³-hybridized carbons (Fsp3) is 0.692. The highest BCUT2D eigenvalue weighted by Gasteiger charge is 2.07. The number of rotatable bonds is 3. The van der Waals surface area contributed by atoms with Crippen molar-refractivity contribution >= 4 is 0 Å². The molecule has 4 nitrogen and oxygen atoms in total. The molecule has 2 rings (SSSR count). The zero-order valence-electron chi connectivity index (χ0n) is 11.3. The quantitative estimate of drug-likeness (QED) is 0.865. The number of aryl methyl sites for hydroxylation is 2. The van der Waals surface area contributed by atoms with Crippen LogP contribution >= 0.6 is 0 Å². The van der Waals surface area contributed by atoms with Gasteiger partial charge in [0.1, 0.15) is 0 Å². The van der Waals surface area contributed by atoms with Gasteiger partial charge in [0.2, 0.25) is 0 Å². The van der Waals surface area contributed by atoms with E-state index in [0.717, 1.165) is 39.2 Å². The maximum absolute atomic E-state index is 5.28. The summed E-state index contributed by atoms with van der Waals surface area (Å²) >= 11 is 0. The molecule has 17 heavy (non-hydrogen) atoms. The summed E-state index contributed by atoms with van der Waals surface area (Å²) in [6.45, 7) is 9.12. The highest BCUT2D eigenvalue weighted by atomic mass is 16.7. The Balaban J connectivity index is 0.000000171. The predicted molar refractivity (Wildman–Crippen MR) is 70.9 cm³/mol. The van der Waals surface area contributed by atoms with E-state index in [4.69, 9.17) is 4.84 Å². The van der Waals surface area contributed by atoms with Gasteiger partial charge < -0.3 is 9.88 Å². The van der Waals surface area contributed by atoms with E-state index in [2.05, 4.69) is 42.2 Å². The fourth-order valence-corrected chi connectivity index (χ4v) is 1.82. The number of hydrogen-bond acceptors (Lipinski definition) is 3. The third-order valence-electron chi connectivity index (χ3n) is 2.80. The molecule has 1 aliphatic rings. The van der Waals surface area contributed by atoms with E-state index < -0.39 is 0 Å². The number of hydroxylamine groups is 2. The van der Waals surface area contributed by atoms with Gasteiger partial charge in [0.05, 0.1) is 6.61 Å². The molecule has 0 saturated carbocycles. The minimum Gasteiger partial charge on any atom is -0.354 e. The second kappa shape index (κ2) is 8.28. The molecule has 0 bridgehead atoms. The Bertz CT molecular complexity index is 290. The van der Waals surface area contributed by atoms with Crippen molar-refractivity contribution in [2.45, 2.75) is 20.3 Å². The van der Waals surface area contributed by atoms with Gasteiger partial charge in [0.25, 0.3) is 0 Å². The standard InChI is InChI=1S/C7H11N.C6H14N2O/c1-3-7-5-4-6-8(7)2;1-2-9-8-5-3-7-4-6-8/h4-6H,3H2,1-2H3;7H,2-6H2,1H3. The van der Waals surface area contributed by atoms with Gasteiger partial charge in [0, 0.05) is 45.1 Å². The lowest BCUT2D eigenvalue weighted by molar-refractivity contribution is -0.159. The molecule has 1 aromatic rings. The summed E-state index contributed by atoms with van der Waals surface area (Å²) in [5, 5.41) is 5.26. The minimum atomic E-state index is 0.792. The molecule has 0 aliphatic carbocycles. The molecule has 0 aromatic carbocycles. The molecular weight excluding hydrogens is 214 g/mol. The molecule has 1 aliphatic heterocycles. The summed E-state index contributed by atoms with van der Waals surface area (Å²) < 4.78 is 2.14. The van der Waals surface area contributed by atoms with Gasteiger partial charge in [0.15, 0.2) is 0 Å². The minimum absolute atomic E-state index is 0.792. The first-order valence-electron chi connectivity index (χ1n) is 6.46. The predicted octanol–water partition coefficient (Wildman–Crippen LogP) is 1.43.